The Morgan fingerprint density at radius 2 is 1.17 bits per heavy atom. The predicted molar refractivity (Wildman–Crippen MR) is 260 cm³/mol. The standard InChI is InChI=1S/C25H30N4O3S2.C22H24N4O3S2.Cu/c1-14(2)16-8-9-19-21(11-16)33-24(26-19)28-27-20-12-18-15(3)13-25(4,5)29-10-6-7-17(22(18)29)23(20)34(30,31)32;1-13(2)14-7-8-17-19(12-14)30-22(23-17)25-24-18-11-15-5-3-9-26-10-4-6-16(20(15)26)21(18)31(27,28)29;/h8-9,11-12,14-15H,6-7,10,13H2,1-5H3,(H,30,31,32);7-8,11-13H,3-6,9-10H2,1-2H3,(H,27,28,29);. The van der Waals surface area contributed by atoms with Crippen LogP contribution in [0.4, 0.5) is 33.0 Å². The van der Waals surface area contributed by atoms with Crippen LogP contribution in [0.1, 0.15) is 125 Å². The molecule has 353 valence electrons. The minimum absolute atomic E-state index is 0. The first-order chi connectivity index (χ1) is 30.8. The Bertz CT molecular complexity index is 3160. The van der Waals surface area contributed by atoms with Crippen LogP contribution in [0.2, 0.25) is 0 Å². The maximum absolute atomic E-state index is 12.6. The van der Waals surface area contributed by atoms with E-state index in [4.69, 9.17) is 0 Å². The van der Waals surface area contributed by atoms with Crippen molar-refractivity contribution in [3.8, 4) is 0 Å². The van der Waals surface area contributed by atoms with Gasteiger partial charge in [0.15, 0.2) is 0 Å². The van der Waals surface area contributed by atoms with Gasteiger partial charge in [-0.05, 0) is 146 Å². The Hall–Kier alpha value is -4.20. The van der Waals surface area contributed by atoms with Crippen LogP contribution in [0, 0.1) is 0 Å². The molecule has 19 heteroatoms. The van der Waals surface area contributed by atoms with E-state index < -0.39 is 20.2 Å². The summed E-state index contributed by atoms with van der Waals surface area (Å²) in [4.78, 5) is 13.4. The van der Waals surface area contributed by atoms with E-state index in [0.29, 0.717) is 46.1 Å². The normalized spacial score (nSPS) is 18.0. The van der Waals surface area contributed by atoms with Gasteiger partial charge >= 0.3 is 0 Å². The summed E-state index contributed by atoms with van der Waals surface area (Å²) in [5.74, 6) is 1.06. The van der Waals surface area contributed by atoms with Gasteiger partial charge < -0.3 is 9.80 Å². The fraction of sp³-hybridized carbons (Fsp3) is 0.447. The van der Waals surface area contributed by atoms with Crippen LogP contribution >= 0.6 is 22.7 Å². The molecule has 2 aromatic heterocycles. The number of hydrogen-bond donors (Lipinski definition) is 2. The molecule has 2 N–H and O–H groups in total. The second-order valence-electron chi connectivity index (χ2n) is 18.8. The fourth-order valence-electron chi connectivity index (χ4n) is 10.1. The van der Waals surface area contributed by atoms with Gasteiger partial charge in [-0.3, -0.25) is 9.11 Å². The Morgan fingerprint density at radius 3 is 1.68 bits per heavy atom. The summed E-state index contributed by atoms with van der Waals surface area (Å²) >= 11 is 2.84. The number of azo groups is 2. The van der Waals surface area contributed by atoms with Crippen molar-refractivity contribution < 1.29 is 43.0 Å². The van der Waals surface area contributed by atoms with Gasteiger partial charge in [0.2, 0.25) is 10.3 Å². The third-order valence-corrected chi connectivity index (χ3v) is 16.8. The van der Waals surface area contributed by atoms with E-state index in [1.54, 1.807) is 12.1 Å². The Morgan fingerprint density at radius 1 is 0.682 bits per heavy atom. The first kappa shape index (κ1) is 48.3. The first-order valence-electron chi connectivity index (χ1n) is 22.3. The molecule has 4 aliphatic heterocycles. The summed E-state index contributed by atoms with van der Waals surface area (Å²) in [6, 6.07) is 15.9. The molecule has 1 atom stereocenters. The molecule has 0 fully saturated rings. The van der Waals surface area contributed by atoms with E-state index in [9.17, 15) is 25.9 Å². The maximum Gasteiger partial charge on any atom is 0.297 e. The van der Waals surface area contributed by atoms with Crippen molar-refractivity contribution in [2.45, 2.75) is 126 Å². The van der Waals surface area contributed by atoms with E-state index in [-0.39, 0.29) is 49.7 Å². The molecule has 0 aliphatic carbocycles. The Labute approximate surface area is 405 Å². The van der Waals surface area contributed by atoms with Crippen LogP contribution in [0.25, 0.3) is 20.4 Å². The van der Waals surface area contributed by atoms with Crippen LogP contribution in [0.15, 0.2) is 78.8 Å². The second kappa shape index (κ2) is 18.4. The maximum atomic E-state index is 12.6. The molecule has 6 aromatic rings. The van der Waals surface area contributed by atoms with Crippen molar-refractivity contribution in [3.05, 3.63) is 81.9 Å². The zero-order valence-electron chi connectivity index (χ0n) is 38.0. The van der Waals surface area contributed by atoms with E-state index in [0.717, 1.165) is 94.7 Å². The number of thiazole rings is 2. The molecule has 4 aliphatic rings. The van der Waals surface area contributed by atoms with Crippen LogP contribution in [0.5, 0.6) is 0 Å². The predicted octanol–water partition coefficient (Wildman–Crippen LogP) is 12.9. The van der Waals surface area contributed by atoms with Crippen LogP contribution in [-0.2, 0) is 56.6 Å². The van der Waals surface area contributed by atoms with Crippen molar-refractivity contribution in [3.63, 3.8) is 0 Å². The van der Waals surface area contributed by atoms with Crippen molar-refractivity contribution in [2.24, 2.45) is 20.5 Å². The Kier molecular flexibility index (Phi) is 13.4. The molecule has 0 spiro atoms. The molecule has 0 amide bonds. The number of nitrogens with zero attached hydrogens (tertiary/aromatic N) is 8. The van der Waals surface area contributed by atoms with Gasteiger partial charge in [0.1, 0.15) is 21.2 Å². The number of benzene rings is 4. The molecule has 0 bridgehead atoms. The van der Waals surface area contributed by atoms with E-state index in [2.05, 4.69) is 113 Å². The number of aryl methyl sites for hydroxylation is 1. The first-order valence-corrected chi connectivity index (χ1v) is 26.8. The van der Waals surface area contributed by atoms with Gasteiger partial charge in [-0.15, -0.1) is 20.5 Å². The average molecular weight is 1020 g/mol. The molecule has 66 heavy (non-hydrogen) atoms. The van der Waals surface area contributed by atoms with E-state index in [1.165, 1.54) is 33.8 Å². The van der Waals surface area contributed by atoms with Crippen LogP contribution in [0.3, 0.4) is 0 Å². The molecule has 1 unspecified atom stereocenters. The number of rotatable bonds is 8. The average Bonchev–Trinajstić information content (AvgIpc) is 3.86. The molecule has 1 radical (unpaired) electrons. The van der Waals surface area contributed by atoms with Crippen LogP contribution in [-0.4, -0.2) is 61.1 Å². The van der Waals surface area contributed by atoms with E-state index in [1.807, 2.05) is 12.1 Å². The van der Waals surface area contributed by atoms with Gasteiger partial charge in [0.05, 0.1) is 20.4 Å². The minimum atomic E-state index is -4.50. The van der Waals surface area contributed by atoms with Gasteiger partial charge in [0.25, 0.3) is 20.2 Å². The molecule has 0 saturated heterocycles. The summed E-state index contributed by atoms with van der Waals surface area (Å²) in [5.41, 5.74) is 9.82. The van der Waals surface area contributed by atoms with Crippen molar-refractivity contribution in [1.29, 1.82) is 0 Å². The SMILES string of the molecule is CC(C)c1ccc2nc(N=Nc3cc4c5c(c3S(=O)(=O)O)CCCN5C(C)(C)CC4C)sc2c1.CC(C)c1ccc2nc(N=Nc3cc4c5c(c3S(=O)(=O)O)CCCN5CCC4)sc2c1.[Cu]. The minimum Gasteiger partial charge on any atom is -0.371 e. The molecular weight excluding hydrogens is 964 g/mol. The Balaban J connectivity index is 0.000000177. The largest absolute Gasteiger partial charge is 0.371 e. The van der Waals surface area contributed by atoms with Gasteiger partial charge in [-0.25, -0.2) is 9.97 Å². The van der Waals surface area contributed by atoms with Gasteiger partial charge in [-0.1, -0.05) is 69.4 Å². The second-order valence-corrected chi connectivity index (χ2v) is 23.6. The topological polar surface area (TPSA) is 190 Å². The summed E-state index contributed by atoms with van der Waals surface area (Å²) in [5, 5.41) is 18.1. The van der Waals surface area contributed by atoms with E-state index >= 15 is 0 Å². The number of fused-ring (bicyclic) bond motifs is 2. The quantitative estimate of drug-likeness (QED) is 0.0843. The summed E-state index contributed by atoms with van der Waals surface area (Å²) < 4.78 is 72.1. The molecule has 6 heterocycles. The fourth-order valence-corrected chi connectivity index (χ4v) is 13.6. The zero-order valence-corrected chi connectivity index (χ0v) is 42.2. The smallest absolute Gasteiger partial charge is 0.297 e. The molecule has 0 saturated carbocycles. The summed E-state index contributed by atoms with van der Waals surface area (Å²) in [6.07, 6.45) is 5.71. The third-order valence-electron chi connectivity index (χ3n) is 13.1. The zero-order chi connectivity index (χ0) is 46.2. The summed E-state index contributed by atoms with van der Waals surface area (Å²) in [6.45, 7) is 17.8. The number of hydrogen-bond acceptors (Lipinski definition) is 14. The van der Waals surface area contributed by atoms with Crippen molar-refractivity contribution in [1.82, 2.24) is 9.97 Å². The molecule has 4 aromatic carbocycles. The third kappa shape index (κ3) is 9.34. The molecular formula is C47H54CuN8O6S4. The number of aromatic nitrogens is 2. The van der Waals surface area contributed by atoms with Gasteiger partial charge in [-0.2, -0.15) is 16.8 Å². The van der Waals surface area contributed by atoms with Crippen LogP contribution < -0.4 is 9.80 Å². The molecule has 10 rings (SSSR count). The molecule has 14 nitrogen and oxygen atoms in total. The van der Waals surface area contributed by atoms with Gasteiger partial charge in [0, 0.05) is 53.6 Å². The van der Waals surface area contributed by atoms with Crippen molar-refractivity contribution in [2.75, 3.05) is 29.4 Å². The van der Waals surface area contributed by atoms with Crippen molar-refractivity contribution >= 4 is 96.4 Å². The monoisotopic (exact) mass is 1020 g/mol. The number of anilines is 2. The summed E-state index contributed by atoms with van der Waals surface area (Å²) in [7, 11) is -8.94.